The molecule has 0 saturated heterocycles. The van der Waals surface area contributed by atoms with E-state index in [1.165, 1.54) is 0 Å². The SMILES string of the molecule is O=S(=O)([O-])[O-].[Ag+].[Fe+2]. The van der Waals surface area contributed by atoms with Crippen molar-refractivity contribution in [1.29, 1.82) is 0 Å². The molecule has 0 aliphatic heterocycles. The van der Waals surface area contributed by atoms with E-state index >= 15 is 0 Å². The van der Waals surface area contributed by atoms with Gasteiger partial charge in [0.25, 0.3) is 0 Å². The fourth-order valence-electron chi connectivity index (χ4n) is 0. The third-order valence-corrected chi connectivity index (χ3v) is 0. The molecule has 0 rings (SSSR count). The topological polar surface area (TPSA) is 80.3 Å². The van der Waals surface area contributed by atoms with Crippen LogP contribution in [0.15, 0.2) is 0 Å². The van der Waals surface area contributed by atoms with Gasteiger partial charge in [0.2, 0.25) is 0 Å². The second-order valence-electron chi connectivity index (χ2n) is 0.408. The van der Waals surface area contributed by atoms with Gasteiger partial charge in [0.1, 0.15) is 0 Å². The smallest absolute Gasteiger partial charge is 0.759 e. The zero-order valence-corrected chi connectivity index (χ0v) is 6.10. The van der Waals surface area contributed by atoms with Crippen molar-refractivity contribution in [1.82, 2.24) is 0 Å². The molecule has 0 N–H and O–H groups in total. The summed E-state index contributed by atoms with van der Waals surface area (Å²) in [5, 5.41) is 0. The van der Waals surface area contributed by atoms with Gasteiger partial charge in [0.05, 0.1) is 0 Å². The van der Waals surface area contributed by atoms with Crippen molar-refractivity contribution in [2.24, 2.45) is 0 Å². The first kappa shape index (κ1) is 15.7. The molecule has 0 aliphatic rings. The maximum Gasteiger partial charge on any atom is 2.00 e. The molecule has 0 unspecified atom stereocenters. The Balaban J connectivity index is -0.0000000800. The summed E-state index contributed by atoms with van der Waals surface area (Å²) >= 11 is 0. The summed E-state index contributed by atoms with van der Waals surface area (Å²) in [5.74, 6) is 0. The third kappa shape index (κ3) is 147. The van der Waals surface area contributed by atoms with Crippen molar-refractivity contribution in [3.8, 4) is 0 Å². The number of hydrogen-bond acceptors (Lipinski definition) is 4. The summed E-state index contributed by atoms with van der Waals surface area (Å²) in [7, 11) is -5.17. The Bertz CT molecular complexity index is 94.9. The molecule has 4 nitrogen and oxygen atoms in total. The quantitative estimate of drug-likeness (QED) is 0.306. The first-order valence-corrected chi connectivity index (χ1v) is 2.00. The maximum atomic E-state index is 8.52. The Hall–Kier alpha value is 1.13. The molecule has 7 heteroatoms. The molecule has 0 heterocycles. The van der Waals surface area contributed by atoms with Gasteiger partial charge in [-0.25, -0.2) is 0 Å². The number of hydrogen-bond donors (Lipinski definition) is 0. The van der Waals surface area contributed by atoms with E-state index in [2.05, 4.69) is 0 Å². The van der Waals surface area contributed by atoms with Crippen LogP contribution in [0.3, 0.4) is 0 Å². The van der Waals surface area contributed by atoms with Crippen LogP contribution in [0.2, 0.25) is 0 Å². The summed E-state index contributed by atoms with van der Waals surface area (Å²) in [4.78, 5) is 0. The van der Waals surface area contributed by atoms with Gasteiger partial charge >= 0.3 is 39.4 Å². The van der Waals surface area contributed by atoms with Gasteiger partial charge in [-0.1, -0.05) is 0 Å². The average molecular weight is 260 g/mol. The van der Waals surface area contributed by atoms with Crippen molar-refractivity contribution in [3.63, 3.8) is 0 Å². The molecule has 0 radical (unpaired) electrons. The monoisotopic (exact) mass is 259 g/mol. The van der Waals surface area contributed by atoms with Crippen LogP contribution in [0.4, 0.5) is 0 Å². The Labute approximate surface area is 67.2 Å². The van der Waals surface area contributed by atoms with Gasteiger partial charge in [-0.2, -0.15) is 0 Å². The van der Waals surface area contributed by atoms with E-state index in [0.717, 1.165) is 0 Å². The van der Waals surface area contributed by atoms with Gasteiger partial charge in [0.15, 0.2) is 0 Å². The van der Waals surface area contributed by atoms with Crippen LogP contribution in [0, 0.1) is 0 Å². The maximum absolute atomic E-state index is 8.52. The molecule has 0 spiro atoms. The summed E-state index contributed by atoms with van der Waals surface area (Å²) in [5.41, 5.74) is 0. The standard InChI is InChI=1S/Ag.Fe.H2O4S/c;;1-5(2,3)4/h;;(H2,1,2,3,4)/q+1;+2;/p-2. The van der Waals surface area contributed by atoms with Crippen LogP contribution in [0.25, 0.3) is 0 Å². The molecule has 7 heavy (non-hydrogen) atoms. The molecule has 0 atom stereocenters. The van der Waals surface area contributed by atoms with E-state index in [0.29, 0.717) is 0 Å². The molecule has 0 aromatic carbocycles. The molecule has 0 bridgehead atoms. The van der Waals surface area contributed by atoms with Gasteiger partial charge in [-0.3, -0.25) is 8.42 Å². The molecule has 0 amide bonds. The van der Waals surface area contributed by atoms with Crippen molar-refractivity contribution < 1.29 is 57.0 Å². The van der Waals surface area contributed by atoms with Crippen LogP contribution in [-0.2, 0) is 49.8 Å². The summed E-state index contributed by atoms with van der Waals surface area (Å²) < 4.78 is 34.1. The van der Waals surface area contributed by atoms with E-state index in [1.54, 1.807) is 0 Å². The molecule has 0 aromatic heterocycles. The predicted molar refractivity (Wildman–Crippen MR) is 10.5 cm³/mol. The minimum atomic E-state index is -5.17. The Morgan fingerprint density at radius 1 is 1.14 bits per heavy atom. The number of rotatable bonds is 0. The minimum absolute atomic E-state index is 0. The van der Waals surface area contributed by atoms with Gasteiger partial charge < -0.3 is 9.11 Å². The van der Waals surface area contributed by atoms with Crippen LogP contribution >= 0.6 is 0 Å². The normalized spacial score (nSPS) is 8.29. The van der Waals surface area contributed by atoms with Crippen LogP contribution in [0.5, 0.6) is 0 Å². The predicted octanol–water partition coefficient (Wildman–Crippen LogP) is -1.34. The summed E-state index contributed by atoms with van der Waals surface area (Å²) in [6.07, 6.45) is 0. The molecular weight excluding hydrogens is 260 g/mol. The van der Waals surface area contributed by atoms with E-state index in [-0.39, 0.29) is 39.4 Å². The van der Waals surface area contributed by atoms with E-state index in [1.807, 2.05) is 0 Å². The van der Waals surface area contributed by atoms with Crippen LogP contribution < -0.4 is 0 Å². The third-order valence-electron chi connectivity index (χ3n) is 0. The second-order valence-corrected chi connectivity index (χ2v) is 1.22. The minimum Gasteiger partial charge on any atom is -0.759 e. The Morgan fingerprint density at radius 3 is 1.14 bits per heavy atom. The molecular formula is AgFeO4S+. The molecule has 0 fully saturated rings. The van der Waals surface area contributed by atoms with Crippen molar-refractivity contribution in [3.05, 3.63) is 0 Å². The van der Waals surface area contributed by atoms with Crippen LogP contribution in [-0.4, -0.2) is 17.5 Å². The molecule has 0 aliphatic carbocycles. The van der Waals surface area contributed by atoms with Crippen LogP contribution in [0.1, 0.15) is 0 Å². The fraction of sp³-hybridized carbons (Fsp3) is 0. The Kier molecular flexibility index (Phi) is 11.8. The van der Waals surface area contributed by atoms with Crippen molar-refractivity contribution >= 4 is 10.4 Å². The average Bonchev–Trinajstić information content (AvgIpc) is 0.722. The largest absolute Gasteiger partial charge is 2.00 e. The molecule has 0 aromatic rings. The van der Waals surface area contributed by atoms with Gasteiger partial charge in [-0.15, -0.1) is 0 Å². The summed E-state index contributed by atoms with van der Waals surface area (Å²) in [6.45, 7) is 0. The molecule has 48 valence electrons. The van der Waals surface area contributed by atoms with Crippen molar-refractivity contribution in [2.45, 2.75) is 0 Å². The zero-order chi connectivity index (χ0) is 4.50. The second kappa shape index (κ2) is 5.27. The van der Waals surface area contributed by atoms with E-state index < -0.39 is 10.4 Å². The zero-order valence-electron chi connectivity index (χ0n) is 2.70. The van der Waals surface area contributed by atoms with Crippen molar-refractivity contribution in [2.75, 3.05) is 0 Å². The van der Waals surface area contributed by atoms with E-state index in [9.17, 15) is 0 Å². The van der Waals surface area contributed by atoms with E-state index in [4.69, 9.17) is 17.5 Å². The first-order valence-electron chi connectivity index (χ1n) is 0.667. The fourth-order valence-corrected chi connectivity index (χ4v) is 0. The first-order chi connectivity index (χ1) is 2.00. The summed E-state index contributed by atoms with van der Waals surface area (Å²) in [6, 6.07) is 0. The van der Waals surface area contributed by atoms with Gasteiger partial charge in [-0.05, 0) is 0 Å². The van der Waals surface area contributed by atoms with Gasteiger partial charge in [0, 0.05) is 10.4 Å². The Morgan fingerprint density at radius 2 is 1.14 bits per heavy atom. The molecule has 0 saturated carbocycles.